The Morgan fingerprint density at radius 3 is 1.24 bits per heavy atom. The Balaban J connectivity index is 4.35. The Kier molecular flexibility index (Phi) is 30.8. The van der Waals surface area contributed by atoms with Crippen LogP contribution < -0.4 is 16.0 Å². The summed E-state index contributed by atoms with van der Waals surface area (Å²) >= 11 is 0. The van der Waals surface area contributed by atoms with Crippen LogP contribution in [0.4, 0.5) is 0 Å². The molecule has 3 amide bonds. The van der Waals surface area contributed by atoms with Crippen LogP contribution in [-0.2, 0) is 43.2 Å². The van der Waals surface area contributed by atoms with Gasteiger partial charge in [-0.1, -0.05) is 90.4 Å². The van der Waals surface area contributed by atoms with Gasteiger partial charge < -0.3 is 41.5 Å². The number of Topliss-reactive ketones (excluding diaryl/α,β-unsaturated/α-hetero) is 1. The van der Waals surface area contributed by atoms with Crippen LogP contribution in [0.25, 0.3) is 0 Å². The number of unbranched alkanes of at least 4 members (excludes halogenated alkanes) is 14. The van der Waals surface area contributed by atoms with Crippen molar-refractivity contribution >= 4 is 53.4 Å². The maximum Gasteiger partial charge on any atom is 0.326 e. The van der Waals surface area contributed by atoms with E-state index < -0.39 is 77.9 Å². The van der Waals surface area contributed by atoms with Crippen molar-refractivity contribution in [2.45, 2.75) is 186 Å². The lowest BCUT2D eigenvalue weighted by molar-refractivity contribution is -0.145. The smallest absolute Gasteiger partial charge is 0.326 e. The predicted molar refractivity (Wildman–Crippen MR) is 213 cm³/mol. The molecular formula is C41H69N3O14. The van der Waals surface area contributed by atoms with Crippen molar-refractivity contribution in [3.63, 3.8) is 0 Å². The predicted octanol–water partition coefficient (Wildman–Crippen LogP) is 5.46. The lowest BCUT2D eigenvalue weighted by atomic mass is 9.94. The van der Waals surface area contributed by atoms with Crippen molar-refractivity contribution in [1.29, 1.82) is 0 Å². The van der Waals surface area contributed by atoms with E-state index in [-0.39, 0.29) is 63.7 Å². The van der Waals surface area contributed by atoms with Crippen molar-refractivity contribution in [3.05, 3.63) is 0 Å². The highest BCUT2D eigenvalue weighted by molar-refractivity contribution is 5.87. The fourth-order valence-corrected chi connectivity index (χ4v) is 6.33. The van der Waals surface area contributed by atoms with Gasteiger partial charge in [-0.05, 0) is 44.9 Å². The van der Waals surface area contributed by atoms with Crippen LogP contribution >= 0.6 is 0 Å². The number of hydrogen-bond acceptors (Lipinski definition) is 9. The normalized spacial score (nSPS) is 13.1. The van der Waals surface area contributed by atoms with Gasteiger partial charge in [0.2, 0.25) is 17.7 Å². The summed E-state index contributed by atoms with van der Waals surface area (Å²) < 4.78 is 0. The topological polar surface area (TPSA) is 291 Å². The van der Waals surface area contributed by atoms with E-state index in [4.69, 9.17) is 10.2 Å². The van der Waals surface area contributed by atoms with Crippen LogP contribution in [-0.4, -0.2) is 97.5 Å². The van der Waals surface area contributed by atoms with Gasteiger partial charge in [-0.25, -0.2) is 9.59 Å². The minimum absolute atomic E-state index is 0.190. The molecule has 17 nitrogen and oxygen atoms in total. The molecule has 0 spiro atoms. The summed E-state index contributed by atoms with van der Waals surface area (Å²) in [6.45, 7) is 1.86. The van der Waals surface area contributed by atoms with E-state index in [0.29, 0.717) is 25.7 Å². The quantitative estimate of drug-likeness (QED) is 0.0357. The highest BCUT2D eigenvalue weighted by Gasteiger charge is 2.26. The Bertz CT molecular complexity index is 1290. The van der Waals surface area contributed by atoms with Gasteiger partial charge in [-0.3, -0.25) is 33.6 Å². The van der Waals surface area contributed by atoms with Crippen LogP contribution in [0.2, 0.25) is 0 Å². The van der Waals surface area contributed by atoms with Gasteiger partial charge in [0.05, 0.1) is 11.8 Å². The molecule has 0 radical (unpaired) electrons. The number of carboxylic acids is 5. The number of amides is 3. The van der Waals surface area contributed by atoms with Crippen molar-refractivity contribution in [1.82, 2.24) is 16.0 Å². The molecule has 4 atom stereocenters. The van der Waals surface area contributed by atoms with Crippen LogP contribution in [0.3, 0.4) is 0 Å². The minimum atomic E-state index is -1.52. The van der Waals surface area contributed by atoms with E-state index in [1.54, 1.807) is 6.92 Å². The molecule has 58 heavy (non-hydrogen) atoms. The first-order chi connectivity index (χ1) is 27.5. The number of hydrogen-bond donors (Lipinski definition) is 8. The summed E-state index contributed by atoms with van der Waals surface area (Å²) in [4.78, 5) is 106. The average Bonchev–Trinajstić information content (AvgIpc) is 3.15. The summed E-state index contributed by atoms with van der Waals surface area (Å²) in [6.07, 6.45) is 14.5. The fourth-order valence-electron chi connectivity index (χ4n) is 6.33. The van der Waals surface area contributed by atoms with Crippen LogP contribution in [0.1, 0.15) is 174 Å². The minimum Gasteiger partial charge on any atom is -0.481 e. The number of nitrogens with one attached hydrogen (secondary N) is 3. The van der Waals surface area contributed by atoms with Crippen LogP contribution in [0, 0.1) is 11.8 Å². The van der Waals surface area contributed by atoms with Crippen LogP contribution in [0.15, 0.2) is 0 Å². The first-order valence-electron chi connectivity index (χ1n) is 21.0. The number of aliphatic carboxylic acids is 5. The van der Waals surface area contributed by atoms with Gasteiger partial charge >= 0.3 is 29.8 Å². The second-order valence-corrected chi connectivity index (χ2v) is 15.2. The lowest BCUT2D eigenvalue weighted by Gasteiger charge is -2.17. The Labute approximate surface area is 341 Å². The molecule has 0 heterocycles. The van der Waals surface area contributed by atoms with E-state index in [2.05, 4.69) is 16.0 Å². The van der Waals surface area contributed by atoms with Gasteiger partial charge in [0, 0.05) is 45.1 Å². The molecule has 332 valence electrons. The molecule has 0 aliphatic rings. The van der Waals surface area contributed by atoms with Gasteiger partial charge in [0.25, 0.3) is 0 Å². The molecule has 0 aromatic rings. The summed E-state index contributed by atoms with van der Waals surface area (Å²) in [5.41, 5.74) is 0. The molecule has 0 fully saturated rings. The second kappa shape index (κ2) is 33.4. The second-order valence-electron chi connectivity index (χ2n) is 15.2. The van der Waals surface area contributed by atoms with E-state index in [1.165, 1.54) is 25.7 Å². The zero-order valence-corrected chi connectivity index (χ0v) is 34.3. The number of carbonyl (C=O) groups is 9. The molecular weight excluding hydrogens is 758 g/mol. The largest absolute Gasteiger partial charge is 0.481 e. The fraction of sp³-hybridized carbons (Fsp3) is 0.780. The zero-order valence-electron chi connectivity index (χ0n) is 34.3. The zero-order chi connectivity index (χ0) is 43.7. The van der Waals surface area contributed by atoms with E-state index in [1.807, 2.05) is 0 Å². The molecule has 0 aromatic heterocycles. The summed E-state index contributed by atoms with van der Waals surface area (Å²) in [7, 11) is 0. The van der Waals surface area contributed by atoms with Crippen LogP contribution in [0.5, 0.6) is 0 Å². The lowest BCUT2D eigenvalue weighted by Crippen LogP contribution is -2.44. The third-order valence-corrected chi connectivity index (χ3v) is 10.0. The number of ketones is 1. The first kappa shape index (κ1) is 53.4. The molecule has 17 heteroatoms. The van der Waals surface area contributed by atoms with Gasteiger partial charge in [0.1, 0.15) is 17.9 Å². The maximum absolute atomic E-state index is 12.5. The van der Waals surface area contributed by atoms with Crippen molar-refractivity contribution in [2.75, 3.05) is 6.54 Å². The maximum atomic E-state index is 12.5. The molecule has 0 saturated carbocycles. The van der Waals surface area contributed by atoms with Crippen molar-refractivity contribution in [3.8, 4) is 0 Å². The van der Waals surface area contributed by atoms with E-state index >= 15 is 0 Å². The van der Waals surface area contributed by atoms with E-state index in [9.17, 15) is 58.5 Å². The number of carboxylic acid groups (broad SMARTS) is 5. The third-order valence-electron chi connectivity index (χ3n) is 10.0. The van der Waals surface area contributed by atoms with Gasteiger partial charge in [-0.15, -0.1) is 0 Å². The highest BCUT2D eigenvalue weighted by atomic mass is 16.4. The highest BCUT2D eigenvalue weighted by Crippen LogP contribution is 2.17. The molecule has 0 bridgehead atoms. The van der Waals surface area contributed by atoms with E-state index in [0.717, 1.165) is 57.8 Å². The van der Waals surface area contributed by atoms with Crippen molar-refractivity contribution in [2.24, 2.45) is 11.8 Å². The molecule has 0 aromatic carbocycles. The molecule has 8 N–H and O–H groups in total. The molecule has 0 unspecified atom stereocenters. The summed E-state index contributed by atoms with van der Waals surface area (Å²) in [5.74, 6) is -9.61. The van der Waals surface area contributed by atoms with Gasteiger partial charge in [0.15, 0.2) is 0 Å². The standard InChI is InChI=1S/C41H69N3O14/c1-29(38(51)52)18-16-17-27-42-34(46)25-22-32(40(55)56)44-36(48)26-23-33(41(57)58)43-35(47)24-21-30(39(53)54)28-31(45)19-14-12-10-8-6-4-2-3-5-7-9-11-13-15-20-37(49)50/h29-30,32-33H,2-28H2,1H3,(H,42,46)(H,43,47)(H,44,48)(H,49,50)(H,51,52)(H,53,54)(H,55,56)(H,57,58)/t29-,30+,32-,33-/m0/s1. The third kappa shape index (κ3) is 30.6. The summed E-state index contributed by atoms with van der Waals surface area (Å²) in [5, 5.41) is 53.3. The SMILES string of the molecule is C[C@@H](CCCCNC(=O)CC[C@H](NC(=O)CC[C@H](NC(=O)CC[C@H](CC(=O)CCCCCCCCCCCCCCCCC(=O)O)C(=O)O)C(=O)O)C(=O)O)C(=O)O. The summed E-state index contributed by atoms with van der Waals surface area (Å²) in [6, 6.07) is -2.95. The monoisotopic (exact) mass is 827 g/mol. The Hall–Kier alpha value is -4.57. The Morgan fingerprint density at radius 2 is 0.828 bits per heavy atom. The molecule has 0 saturated heterocycles. The average molecular weight is 828 g/mol. The number of carbonyl (C=O) groups excluding carboxylic acids is 4. The van der Waals surface area contributed by atoms with Crippen molar-refractivity contribution < 1.29 is 68.7 Å². The molecule has 0 aliphatic carbocycles. The Morgan fingerprint density at radius 1 is 0.414 bits per heavy atom. The number of rotatable bonds is 39. The molecule has 0 aliphatic heterocycles. The molecule has 0 rings (SSSR count). The first-order valence-corrected chi connectivity index (χ1v) is 21.0. The van der Waals surface area contributed by atoms with Gasteiger partial charge in [-0.2, -0.15) is 0 Å².